The fourth-order valence-corrected chi connectivity index (χ4v) is 6.59. The Morgan fingerprint density at radius 1 is 0.429 bits per heavy atom. The number of furan rings is 1. The predicted molar refractivity (Wildman–Crippen MR) is 196 cm³/mol. The third-order valence-electron chi connectivity index (χ3n) is 9.25. The lowest BCUT2D eigenvalue weighted by atomic mass is 10.0. The SMILES string of the molecule is Cn1c(=O)n(C)c2cc(-c3cccc(-c4nc(-c5ccccc5)nc(-c5ccc(-c6ccc7c(c6)oc6ccccc67)cc5)n4)c3)ccc21. The first-order valence-electron chi connectivity index (χ1n) is 16.1. The van der Waals surface area contributed by atoms with Gasteiger partial charge in [0, 0.05) is 41.6 Å². The number of aromatic nitrogens is 5. The average molecular weight is 636 g/mol. The van der Waals surface area contributed by atoms with Crippen molar-refractivity contribution in [2.45, 2.75) is 0 Å². The molecule has 9 rings (SSSR count). The summed E-state index contributed by atoms with van der Waals surface area (Å²) in [4.78, 5) is 27.4. The molecule has 49 heavy (non-hydrogen) atoms. The molecule has 0 aliphatic heterocycles. The van der Waals surface area contributed by atoms with E-state index in [2.05, 4.69) is 66.7 Å². The fourth-order valence-electron chi connectivity index (χ4n) is 6.59. The first kappa shape index (κ1) is 28.6. The maximum atomic E-state index is 12.5. The van der Waals surface area contributed by atoms with Gasteiger partial charge in [0.1, 0.15) is 11.2 Å². The highest BCUT2D eigenvalue weighted by Gasteiger charge is 2.15. The van der Waals surface area contributed by atoms with Crippen LogP contribution >= 0.6 is 0 Å². The minimum Gasteiger partial charge on any atom is -0.456 e. The van der Waals surface area contributed by atoms with E-state index in [1.807, 2.05) is 72.8 Å². The Bertz CT molecular complexity index is 2760. The van der Waals surface area contributed by atoms with E-state index in [-0.39, 0.29) is 5.69 Å². The number of rotatable bonds is 5. The van der Waals surface area contributed by atoms with Gasteiger partial charge in [0.25, 0.3) is 0 Å². The molecule has 3 heterocycles. The van der Waals surface area contributed by atoms with Crippen LogP contribution in [0.1, 0.15) is 0 Å². The van der Waals surface area contributed by atoms with Crippen LogP contribution in [0.3, 0.4) is 0 Å². The molecule has 7 heteroatoms. The van der Waals surface area contributed by atoms with Gasteiger partial charge in [-0.05, 0) is 58.7 Å². The van der Waals surface area contributed by atoms with Crippen molar-refractivity contribution in [3.8, 4) is 56.4 Å². The molecule has 0 aliphatic rings. The maximum Gasteiger partial charge on any atom is 0.328 e. The van der Waals surface area contributed by atoms with Crippen molar-refractivity contribution >= 4 is 33.0 Å². The number of para-hydroxylation sites is 1. The molecule has 0 bridgehead atoms. The van der Waals surface area contributed by atoms with E-state index < -0.39 is 0 Å². The van der Waals surface area contributed by atoms with Crippen LogP contribution in [0.15, 0.2) is 149 Å². The van der Waals surface area contributed by atoms with Crippen molar-refractivity contribution in [1.29, 1.82) is 0 Å². The molecule has 0 saturated carbocycles. The van der Waals surface area contributed by atoms with Crippen molar-refractivity contribution in [2.24, 2.45) is 14.1 Å². The standard InChI is InChI=1S/C42H29N5O2/c1-46-35-22-20-30(24-36(35)47(2)42(46)48)29-11-8-12-32(23-29)41-44-39(27-9-4-3-5-10-27)43-40(45-41)28-17-15-26(16-18-28)31-19-21-34-33-13-6-7-14-37(33)49-38(34)25-31/h3-25H,1-2H3. The molecule has 0 N–H and O–H groups in total. The van der Waals surface area contributed by atoms with E-state index in [4.69, 9.17) is 19.4 Å². The van der Waals surface area contributed by atoms with E-state index in [9.17, 15) is 4.79 Å². The van der Waals surface area contributed by atoms with Gasteiger partial charge in [-0.25, -0.2) is 19.7 Å². The normalized spacial score (nSPS) is 11.6. The number of hydrogen-bond acceptors (Lipinski definition) is 5. The lowest BCUT2D eigenvalue weighted by Crippen LogP contribution is -2.19. The molecule has 0 spiro atoms. The van der Waals surface area contributed by atoms with Gasteiger partial charge in [0.2, 0.25) is 0 Å². The van der Waals surface area contributed by atoms with Crippen LogP contribution in [-0.4, -0.2) is 24.1 Å². The van der Waals surface area contributed by atoms with Crippen LogP contribution in [0.5, 0.6) is 0 Å². The van der Waals surface area contributed by atoms with Gasteiger partial charge in [-0.3, -0.25) is 9.13 Å². The minimum atomic E-state index is -0.0487. The molecule has 7 nitrogen and oxygen atoms in total. The number of aryl methyl sites for hydroxylation is 2. The second kappa shape index (κ2) is 11.3. The summed E-state index contributed by atoms with van der Waals surface area (Å²) in [6, 6.07) is 47.0. The van der Waals surface area contributed by atoms with Crippen LogP contribution in [0.25, 0.3) is 89.4 Å². The summed E-state index contributed by atoms with van der Waals surface area (Å²) >= 11 is 0. The van der Waals surface area contributed by atoms with Gasteiger partial charge in [-0.15, -0.1) is 0 Å². The monoisotopic (exact) mass is 635 g/mol. The highest BCUT2D eigenvalue weighted by atomic mass is 16.3. The maximum absolute atomic E-state index is 12.5. The first-order chi connectivity index (χ1) is 24.0. The predicted octanol–water partition coefficient (Wildman–Crippen LogP) is 9.30. The Hall–Kier alpha value is -6.60. The van der Waals surface area contributed by atoms with Gasteiger partial charge in [-0.1, -0.05) is 103 Å². The third-order valence-corrected chi connectivity index (χ3v) is 9.25. The zero-order chi connectivity index (χ0) is 33.1. The Morgan fingerprint density at radius 2 is 0.959 bits per heavy atom. The fraction of sp³-hybridized carbons (Fsp3) is 0.0476. The van der Waals surface area contributed by atoms with Crippen molar-refractivity contribution < 1.29 is 4.42 Å². The summed E-state index contributed by atoms with van der Waals surface area (Å²) in [6.45, 7) is 0. The van der Waals surface area contributed by atoms with Gasteiger partial charge in [0.15, 0.2) is 17.5 Å². The molecule has 9 aromatic rings. The summed E-state index contributed by atoms with van der Waals surface area (Å²) in [5, 5.41) is 2.23. The highest BCUT2D eigenvalue weighted by molar-refractivity contribution is 6.05. The Balaban J connectivity index is 1.11. The van der Waals surface area contributed by atoms with Crippen LogP contribution in [0.4, 0.5) is 0 Å². The number of hydrogen-bond donors (Lipinski definition) is 0. The number of imidazole rings is 1. The minimum absolute atomic E-state index is 0.0487. The smallest absolute Gasteiger partial charge is 0.328 e. The summed E-state index contributed by atoms with van der Waals surface area (Å²) in [7, 11) is 3.59. The van der Waals surface area contributed by atoms with Gasteiger partial charge in [0.05, 0.1) is 11.0 Å². The summed E-state index contributed by atoms with van der Waals surface area (Å²) in [6.07, 6.45) is 0. The van der Waals surface area contributed by atoms with E-state index in [1.54, 1.807) is 23.2 Å². The van der Waals surface area contributed by atoms with Crippen molar-refractivity contribution in [3.05, 3.63) is 150 Å². The Labute approximate surface area is 281 Å². The lowest BCUT2D eigenvalue weighted by molar-refractivity contribution is 0.669. The molecule has 0 saturated heterocycles. The number of nitrogens with zero attached hydrogens (tertiary/aromatic N) is 5. The van der Waals surface area contributed by atoms with Crippen LogP contribution < -0.4 is 5.69 Å². The summed E-state index contributed by atoms with van der Waals surface area (Å²) in [5.74, 6) is 1.78. The molecule has 234 valence electrons. The second-order valence-electron chi connectivity index (χ2n) is 12.2. The molecule has 3 aromatic heterocycles. The molecule has 0 radical (unpaired) electrons. The second-order valence-corrected chi connectivity index (χ2v) is 12.2. The Morgan fingerprint density at radius 3 is 1.76 bits per heavy atom. The van der Waals surface area contributed by atoms with E-state index >= 15 is 0 Å². The zero-order valence-corrected chi connectivity index (χ0v) is 26.8. The van der Waals surface area contributed by atoms with E-state index in [0.717, 1.165) is 71.9 Å². The lowest BCUT2D eigenvalue weighted by Gasteiger charge is -2.10. The largest absolute Gasteiger partial charge is 0.456 e. The zero-order valence-electron chi connectivity index (χ0n) is 26.8. The quantitative estimate of drug-likeness (QED) is 0.188. The first-order valence-corrected chi connectivity index (χ1v) is 16.1. The average Bonchev–Trinajstić information content (AvgIpc) is 3.64. The molecule has 6 aromatic carbocycles. The van der Waals surface area contributed by atoms with Crippen LogP contribution in [0.2, 0.25) is 0 Å². The van der Waals surface area contributed by atoms with Crippen molar-refractivity contribution in [3.63, 3.8) is 0 Å². The summed E-state index contributed by atoms with van der Waals surface area (Å²) < 4.78 is 9.48. The van der Waals surface area contributed by atoms with Crippen molar-refractivity contribution in [2.75, 3.05) is 0 Å². The topological polar surface area (TPSA) is 78.7 Å². The molecule has 0 amide bonds. The summed E-state index contributed by atoms with van der Waals surface area (Å²) in [5.41, 5.74) is 10.3. The van der Waals surface area contributed by atoms with Crippen LogP contribution in [-0.2, 0) is 14.1 Å². The van der Waals surface area contributed by atoms with Crippen LogP contribution in [0, 0.1) is 0 Å². The molecule has 0 unspecified atom stereocenters. The molecule has 0 fully saturated rings. The molecular weight excluding hydrogens is 606 g/mol. The Kier molecular flexibility index (Phi) is 6.59. The van der Waals surface area contributed by atoms with Gasteiger partial charge < -0.3 is 4.42 Å². The molecular formula is C42H29N5O2. The number of fused-ring (bicyclic) bond motifs is 4. The number of benzene rings is 6. The van der Waals surface area contributed by atoms with Gasteiger partial charge in [-0.2, -0.15) is 0 Å². The van der Waals surface area contributed by atoms with Crippen molar-refractivity contribution in [1.82, 2.24) is 24.1 Å². The third kappa shape index (κ3) is 4.91. The van der Waals surface area contributed by atoms with Gasteiger partial charge >= 0.3 is 5.69 Å². The molecule has 0 atom stereocenters. The van der Waals surface area contributed by atoms with E-state index in [0.29, 0.717) is 17.5 Å². The molecule has 0 aliphatic carbocycles. The highest BCUT2D eigenvalue weighted by Crippen LogP contribution is 2.34. The van der Waals surface area contributed by atoms with E-state index in [1.165, 1.54) is 0 Å².